The molecule has 0 aromatic rings. The standard InChI is InChI=1S/C30H62/c1-5-9-13-16-19-22-25-29(24-12-8-4)28-30(26-21-18-15-11-7-3)27-23-20-17-14-10-6-2/h29-30H,5-28H2,1-4H3. The van der Waals surface area contributed by atoms with Crippen LogP contribution in [0.3, 0.4) is 0 Å². The molecule has 0 saturated carbocycles. The lowest BCUT2D eigenvalue weighted by Gasteiger charge is -2.24. The molecule has 0 fully saturated rings. The third-order valence-corrected chi connectivity index (χ3v) is 7.28. The molecule has 0 N–H and O–H groups in total. The van der Waals surface area contributed by atoms with Crippen LogP contribution in [0.4, 0.5) is 0 Å². The summed E-state index contributed by atoms with van der Waals surface area (Å²) in [6.07, 6.45) is 35.2. The molecule has 30 heavy (non-hydrogen) atoms. The van der Waals surface area contributed by atoms with Crippen LogP contribution >= 0.6 is 0 Å². The Morgan fingerprint density at radius 2 is 0.567 bits per heavy atom. The lowest BCUT2D eigenvalue weighted by molar-refractivity contribution is 0.283. The lowest BCUT2D eigenvalue weighted by Crippen LogP contribution is -2.10. The predicted octanol–water partition coefficient (Wildman–Crippen LogP) is 11.7. The van der Waals surface area contributed by atoms with Crippen LogP contribution in [0.5, 0.6) is 0 Å². The highest BCUT2D eigenvalue weighted by atomic mass is 14.2. The summed E-state index contributed by atoms with van der Waals surface area (Å²) < 4.78 is 0. The van der Waals surface area contributed by atoms with E-state index in [2.05, 4.69) is 27.7 Å². The van der Waals surface area contributed by atoms with Crippen molar-refractivity contribution in [2.24, 2.45) is 11.8 Å². The van der Waals surface area contributed by atoms with Crippen molar-refractivity contribution in [2.75, 3.05) is 0 Å². The van der Waals surface area contributed by atoms with Gasteiger partial charge in [0.25, 0.3) is 0 Å². The van der Waals surface area contributed by atoms with Crippen molar-refractivity contribution < 1.29 is 0 Å². The summed E-state index contributed by atoms with van der Waals surface area (Å²) >= 11 is 0. The molecule has 0 saturated heterocycles. The molecule has 0 amide bonds. The van der Waals surface area contributed by atoms with Crippen molar-refractivity contribution in [1.29, 1.82) is 0 Å². The van der Waals surface area contributed by atoms with E-state index in [1.165, 1.54) is 148 Å². The Bertz CT molecular complexity index is 294. The highest BCUT2D eigenvalue weighted by molar-refractivity contribution is 4.69. The predicted molar refractivity (Wildman–Crippen MR) is 140 cm³/mol. The first kappa shape index (κ1) is 30.0. The van der Waals surface area contributed by atoms with Gasteiger partial charge in [0.05, 0.1) is 0 Å². The zero-order valence-electron chi connectivity index (χ0n) is 22.1. The van der Waals surface area contributed by atoms with Crippen molar-refractivity contribution in [2.45, 2.75) is 182 Å². The highest BCUT2D eigenvalue weighted by Gasteiger charge is 2.16. The van der Waals surface area contributed by atoms with Crippen LogP contribution in [0.1, 0.15) is 182 Å². The van der Waals surface area contributed by atoms with Crippen molar-refractivity contribution in [1.82, 2.24) is 0 Å². The minimum atomic E-state index is 1.02. The third-order valence-electron chi connectivity index (χ3n) is 7.28. The molecule has 2 atom stereocenters. The normalized spacial score (nSPS) is 13.6. The van der Waals surface area contributed by atoms with Crippen molar-refractivity contribution >= 4 is 0 Å². The van der Waals surface area contributed by atoms with Gasteiger partial charge in [-0.25, -0.2) is 0 Å². The minimum Gasteiger partial charge on any atom is -0.0654 e. The summed E-state index contributed by atoms with van der Waals surface area (Å²) in [5, 5.41) is 0. The molecule has 182 valence electrons. The van der Waals surface area contributed by atoms with Gasteiger partial charge in [-0.2, -0.15) is 0 Å². The molecule has 0 aliphatic heterocycles. The van der Waals surface area contributed by atoms with E-state index in [0.717, 1.165) is 11.8 Å². The summed E-state index contributed by atoms with van der Waals surface area (Å²) in [6.45, 7) is 9.37. The van der Waals surface area contributed by atoms with Crippen LogP contribution in [0.15, 0.2) is 0 Å². The number of hydrogen-bond acceptors (Lipinski definition) is 0. The van der Waals surface area contributed by atoms with Crippen LogP contribution in [0.25, 0.3) is 0 Å². The first-order valence-electron chi connectivity index (χ1n) is 14.8. The van der Waals surface area contributed by atoms with Crippen molar-refractivity contribution in [3.63, 3.8) is 0 Å². The first-order valence-corrected chi connectivity index (χ1v) is 14.8. The van der Waals surface area contributed by atoms with Gasteiger partial charge >= 0.3 is 0 Å². The van der Waals surface area contributed by atoms with Gasteiger partial charge in [-0.1, -0.05) is 175 Å². The fourth-order valence-corrected chi connectivity index (χ4v) is 5.19. The Morgan fingerprint density at radius 3 is 0.900 bits per heavy atom. The van der Waals surface area contributed by atoms with E-state index in [-0.39, 0.29) is 0 Å². The van der Waals surface area contributed by atoms with Gasteiger partial charge in [0.2, 0.25) is 0 Å². The molecule has 0 heteroatoms. The molecule has 0 aliphatic carbocycles. The average Bonchev–Trinajstić information content (AvgIpc) is 2.76. The summed E-state index contributed by atoms with van der Waals surface area (Å²) in [5.74, 6) is 2.05. The van der Waals surface area contributed by atoms with Crippen LogP contribution in [0.2, 0.25) is 0 Å². The van der Waals surface area contributed by atoms with E-state index in [1.54, 1.807) is 6.42 Å². The van der Waals surface area contributed by atoms with E-state index < -0.39 is 0 Å². The molecule has 0 nitrogen and oxygen atoms in total. The molecule has 0 aromatic carbocycles. The zero-order chi connectivity index (χ0) is 22.1. The minimum absolute atomic E-state index is 1.02. The molecule has 0 heterocycles. The molecule has 0 rings (SSSR count). The molecule has 0 spiro atoms. The van der Waals surface area contributed by atoms with Crippen LogP contribution in [-0.2, 0) is 0 Å². The van der Waals surface area contributed by atoms with Gasteiger partial charge < -0.3 is 0 Å². The second kappa shape index (κ2) is 25.3. The summed E-state index contributed by atoms with van der Waals surface area (Å²) in [7, 11) is 0. The smallest absolute Gasteiger partial charge is 0.0412 e. The van der Waals surface area contributed by atoms with Gasteiger partial charge in [-0.15, -0.1) is 0 Å². The van der Waals surface area contributed by atoms with Gasteiger partial charge in [-0.05, 0) is 18.3 Å². The second-order valence-electron chi connectivity index (χ2n) is 10.4. The van der Waals surface area contributed by atoms with Crippen molar-refractivity contribution in [3.8, 4) is 0 Å². The quantitative estimate of drug-likeness (QED) is 0.128. The summed E-state index contributed by atoms with van der Waals surface area (Å²) in [5.41, 5.74) is 0. The molecule has 0 bridgehead atoms. The SMILES string of the molecule is CCCCCCCCC(CCCC)CC(CCCCCCC)CCCCCCCC. The fraction of sp³-hybridized carbons (Fsp3) is 1.00. The van der Waals surface area contributed by atoms with E-state index in [9.17, 15) is 0 Å². The Balaban J connectivity index is 4.37. The Hall–Kier alpha value is 0. The molecule has 0 aliphatic rings. The fourth-order valence-electron chi connectivity index (χ4n) is 5.19. The maximum Gasteiger partial charge on any atom is -0.0412 e. The monoisotopic (exact) mass is 422 g/mol. The second-order valence-corrected chi connectivity index (χ2v) is 10.4. The maximum atomic E-state index is 2.38. The number of hydrogen-bond donors (Lipinski definition) is 0. The first-order chi connectivity index (χ1) is 14.8. The maximum absolute atomic E-state index is 2.38. The summed E-state index contributed by atoms with van der Waals surface area (Å²) in [4.78, 5) is 0. The number of unbranched alkanes of at least 4 members (excludes halogenated alkanes) is 15. The largest absolute Gasteiger partial charge is 0.0654 e. The van der Waals surface area contributed by atoms with Crippen LogP contribution in [0, 0.1) is 11.8 Å². The van der Waals surface area contributed by atoms with Crippen molar-refractivity contribution in [3.05, 3.63) is 0 Å². The van der Waals surface area contributed by atoms with Gasteiger partial charge in [0.1, 0.15) is 0 Å². The number of rotatable bonds is 25. The van der Waals surface area contributed by atoms with E-state index in [4.69, 9.17) is 0 Å². The van der Waals surface area contributed by atoms with Crippen LogP contribution in [-0.4, -0.2) is 0 Å². The lowest BCUT2D eigenvalue weighted by atomic mass is 9.82. The summed E-state index contributed by atoms with van der Waals surface area (Å²) in [6, 6.07) is 0. The van der Waals surface area contributed by atoms with Gasteiger partial charge in [-0.3, -0.25) is 0 Å². The molecule has 0 aromatic heterocycles. The van der Waals surface area contributed by atoms with Crippen LogP contribution < -0.4 is 0 Å². The average molecular weight is 423 g/mol. The topological polar surface area (TPSA) is 0 Å². The molecule has 0 radical (unpaired) electrons. The zero-order valence-corrected chi connectivity index (χ0v) is 22.1. The van der Waals surface area contributed by atoms with E-state index in [0.29, 0.717) is 0 Å². The Labute approximate surface area is 193 Å². The van der Waals surface area contributed by atoms with Gasteiger partial charge in [0, 0.05) is 0 Å². The highest BCUT2D eigenvalue weighted by Crippen LogP contribution is 2.30. The van der Waals surface area contributed by atoms with E-state index in [1.807, 2.05) is 0 Å². The Morgan fingerprint density at radius 1 is 0.300 bits per heavy atom. The molecular formula is C30H62. The molecule has 2 unspecified atom stereocenters. The van der Waals surface area contributed by atoms with E-state index >= 15 is 0 Å². The third kappa shape index (κ3) is 21.2. The molecular weight excluding hydrogens is 360 g/mol. The van der Waals surface area contributed by atoms with Gasteiger partial charge in [0.15, 0.2) is 0 Å². The Kier molecular flexibility index (Phi) is 25.3.